The Morgan fingerprint density at radius 1 is 1.41 bits per heavy atom. The molecule has 3 unspecified atom stereocenters. The van der Waals surface area contributed by atoms with Crippen LogP contribution in [0.2, 0.25) is 0 Å². The summed E-state index contributed by atoms with van der Waals surface area (Å²) in [7, 11) is -1.50. The first kappa shape index (κ1) is 13.3. The lowest BCUT2D eigenvalue weighted by Crippen LogP contribution is -2.65. The summed E-state index contributed by atoms with van der Waals surface area (Å²) in [6.45, 7) is 1.96. The smallest absolute Gasteiger partial charge is 0.156 e. The maximum atomic E-state index is 12.0. The fraction of sp³-hybridized carbons (Fsp3) is 1.00. The summed E-state index contributed by atoms with van der Waals surface area (Å²) >= 11 is 0. The van der Waals surface area contributed by atoms with Crippen LogP contribution >= 0.6 is 0 Å². The minimum absolute atomic E-state index is 0.225. The SMILES string of the molecule is COCC(C)(N)C1(O)CC2CCC(C1)S2(=O)=O. The Morgan fingerprint density at radius 3 is 2.29 bits per heavy atom. The van der Waals surface area contributed by atoms with E-state index in [1.807, 2.05) is 0 Å². The van der Waals surface area contributed by atoms with Crippen molar-refractivity contribution in [2.45, 2.75) is 54.2 Å². The molecule has 5 nitrogen and oxygen atoms in total. The van der Waals surface area contributed by atoms with Crippen LogP contribution in [0.1, 0.15) is 32.6 Å². The van der Waals surface area contributed by atoms with Crippen molar-refractivity contribution in [3.8, 4) is 0 Å². The molecule has 3 N–H and O–H groups in total. The van der Waals surface area contributed by atoms with Gasteiger partial charge in [-0.25, -0.2) is 8.42 Å². The molecule has 6 heteroatoms. The normalized spacial score (nSPS) is 43.3. The molecule has 2 saturated heterocycles. The predicted molar refractivity (Wildman–Crippen MR) is 64.4 cm³/mol. The fourth-order valence-electron chi connectivity index (χ4n) is 3.15. The molecule has 2 aliphatic rings. The predicted octanol–water partition coefficient (Wildman–Crippen LogP) is -0.179. The number of methoxy groups -OCH3 is 1. The summed E-state index contributed by atoms with van der Waals surface area (Å²) in [4.78, 5) is 0. The molecule has 2 aliphatic heterocycles. The minimum Gasteiger partial charge on any atom is -0.388 e. The van der Waals surface area contributed by atoms with Crippen LogP contribution in [0.25, 0.3) is 0 Å². The number of aliphatic hydroxyl groups is 1. The van der Waals surface area contributed by atoms with Gasteiger partial charge in [-0.2, -0.15) is 0 Å². The van der Waals surface area contributed by atoms with Gasteiger partial charge in [0.2, 0.25) is 0 Å². The summed E-state index contributed by atoms with van der Waals surface area (Å²) in [5.74, 6) is 0. The van der Waals surface area contributed by atoms with Crippen molar-refractivity contribution in [1.82, 2.24) is 0 Å². The zero-order chi connectivity index (χ0) is 12.9. The standard InChI is InChI=1S/C11H21NO4S/c1-10(12,7-16-2)11(13)5-8-3-4-9(6-11)17(8,14)15/h8-9,13H,3-7,12H2,1-2H3. The number of hydrogen-bond donors (Lipinski definition) is 2. The van der Waals surface area contributed by atoms with E-state index in [9.17, 15) is 13.5 Å². The molecule has 2 fully saturated rings. The molecule has 100 valence electrons. The van der Waals surface area contributed by atoms with Crippen LogP contribution in [-0.4, -0.2) is 48.9 Å². The first-order valence-corrected chi connectivity index (χ1v) is 7.57. The van der Waals surface area contributed by atoms with Crippen LogP contribution in [0, 0.1) is 0 Å². The van der Waals surface area contributed by atoms with Gasteiger partial charge in [-0.15, -0.1) is 0 Å². The van der Waals surface area contributed by atoms with Crippen molar-refractivity contribution in [2.24, 2.45) is 5.73 Å². The lowest BCUT2D eigenvalue weighted by atomic mass is 9.76. The van der Waals surface area contributed by atoms with E-state index in [4.69, 9.17) is 10.5 Å². The number of fused-ring (bicyclic) bond motifs is 2. The van der Waals surface area contributed by atoms with Gasteiger partial charge in [-0.1, -0.05) is 0 Å². The topological polar surface area (TPSA) is 89.6 Å². The molecule has 0 aromatic rings. The third kappa shape index (κ3) is 1.91. The van der Waals surface area contributed by atoms with E-state index in [1.54, 1.807) is 6.92 Å². The van der Waals surface area contributed by atoms with Gasteiger partial charge in [0.25, 0.3) is 0 Å². The zero-order valence-corrected chi connectivity index (χ0v) is 11.2. The average Bonchev–Trinajstić information content (AvgIpc) is 2.38. The van der Waals surface area contributed by atoms with E-state index in [0.29, 0.717) is 12.8 Å². The monoisotopic (exact) mass is 263 g/mol. The summed E-state index contributed by atoms with van der Waals surface area (Å²) in [5, 5.41) is 9.82. The molecule has 0 radical (unpaired) electrons. The van der Waals surface area contributed by atoms with E-state index in [2.05, 4.69) is 0 Å². The molecule has 0 aromatic heterocycles. The molecular weight excluding hydrogens is 242 g/mol. The number of hydrogen-bond acceptors (Lipinski definition) is 5. The Bertz CT molecular complexity index is 384. The number of rotatable bonds is 3. The molecule has 2 heterocycles. The number of nitrogens with two attached hydrogens (primary N) is 1. The quantitative estimate of drug-likeness (QED) is 0.737. The van der Waals surface area contributed by atoms with Crippen molar-refractivity contribution < 1.29 is 18.3 Å². The molecule has 2 bridgehead atoms. The van der Waals surface area contributed by atoms with Crippen LogP contribution < -0.4 is 5.73 Å². The van der Waals surface area contributed by atoms with Crippen molar-refractivity contribution in [3.05, 3.63) is 0 Å². The fourth-order valence-corrected chi connectivity index (χ4v) is 5.64. The van der Waals surface area contributed by atoms with Crippen LogP contribution in [0.5, 0.6) is 0 Å². The Hall–Kier alpha value is -0.170. The van der Waals surface area contributed by atoms with Gasteiger partial charge in [0.15, 0.2) is 9.84 Å². The van der Waals surface area contributed by atoms with Gasteiger partial charge in [-0.3, -0.25) is 0 Å². The van der Waals surface area contributed by atoms with E-state index in [0.717, 1.165) is 0 Å². The number of sulfone groups is 1. The second-order valence-corrected chi connectivity index (χ2v) is 8.21. The van der Waals surface area contributed by atoms with Gasteiger partial charge >= 0.3 is 0 Å². The second kappa shape index (κ2) is 3.91. The maximum Gasteiger partial charge on any atom is 0.156 e. The molecule has 0 aliphatic carbocycles. The Balaban J connectivity index is 2.27. The molecule has 0 aromatic carbocycles. The molecule has 2 rings (SSSR count). The molecular formula is C11H21NO4S. The minimum atomic E-state index is -3.03. The third-order valence-electron chi connectivity index (χ3n) is 4.38. The van der Waals surface area contributed by atoms with Crippen LogP contribution in [0.15, 0.2) is 0 Å². The third-order valence-corrected chi connectivity index (χ3v) is 7.04. The molecule has 3 atom stereocenters. The van der Waals surface area contributed by atoms with Gasteiger partial charge < -0.3 is 15.6 Å². The first-order chi connectivity index (χ1) is 7.73. The lowest BCUT2D eigenvalue weighted by Gasteiger charge is -2.46. The van der Waals surface area contributed by atoms with Crippen LogP contribution in [0.3, 0.4) is 0 Å². The molecule has 0 spiro atoms. The highest BCUT2D eigenvalue weighted by Crippen LogP contribution is 2.46. The van der Waals surface area contributed by atoms with Gasteiger partial charge in [0.1, 0.15) is 0 Å². The van der Waals surface area contributed by atoms with Gasteiger partial charge in [0.05, 0.1) is 28.2 Å². The maximum absolute atomic E-state index is 12.0. The summed E-state index contributed by atoms with van der Waals surface area (Å²) in [6.07, 6.45) is 1.78. The lowest BCUT2D eigenvalue weighted by molar-refractivity contribution is -0.0696. The van der Waals surface area contributed by atoms with Crippen molar-refractivity contribution >= 4 is 9.84 Å². The Morgan fingerprint density at radius 2 is 1.88 bits per heavy atom. The van der Waals surface area contributed by atoms with E-state index >= 15 is 0 Å². The molecule has 0 saturated carbocycles. The van der Waals surface area contributed by atoms with Crippen LogP contribution in [-0.2, 0) is 14.6 Å². The van der Waals surface area contributed by atoms with Crippen molar-refractivity contribution in [2.75, 3.05) is 13.7 Å². The van der Waals surface area contributed by atoms with E-state index in [1.165, 1.54) is 7.11 Å². The highest BCUT2D eigenvalue weighted by atomic mass is 32.2. The summed E-state index contributed by atoms with van der Waals surface area (Å²) in [5.41, 5.74) is 4.06. The highest BCUT2D eigenvalue weighted by Gasteiger charge is 2.58. The summed E-state index contributed by atoms with van der Waals surface area (Å²) in [6, 6.07) is 0. The Labute approximate surface area is 102 Å². The Kier molecular flexibility index (Phi) is 3.05. The highest BCUT2D eigenvalue weighted by molar-refractivity contribution is 7.93. The second-order valence-electron chi connectivity index (χ2n) is 5.70. The summed E-state index contributed by atoms with van der Waals surface area (Å²) < 4.78 is 29.0. The largest absolute Gasteiger partial charge is 0.388 e. The zero-order valence-electron chi connectivity index (χ0n) is 10.3. The average molecular weight is 263 g/mol. The van der Waals surface area contributed by atoms with Crippen LogP contribution in [0.4, 0.5) is 0 Å². The molecule has 17 heavy (non-hydrogen) atoms. The van der Waals surface area contributed by atoms with Gasteiger partial charge in [0, 0.05) is 7.11 Å². The van der Waals surface area contributed by atoms with Crippen molar-refractivity contribution in [3.63, 3.8) is 0 Å². The van der Waals surface area contributed by atoms with Gasteiger partial charge in [-0.05, 0) is 32.6 Å². The number of ether oxygens (including phenoxy) is 1. The molecule has 0 amide bonds. The van der Waals surface area contributed by atoms with E-state index < -0.39 is 31.5 Å². The van der Waals surface area contributed by atoms with E-state index in [-0.39, 0.29) is 19.4 Å². The first-order valence-electron chi connectivity index (χ1n) is 5.96. The van der Waals surface area contributed by atoms with Crippen molar-refractivity contribution in [1.29, 1.82) is 0 Å².